The number of carbonyl (C=O) groups excluding carboxylic acids is 1. The fourth-order valence-electron chi connectivity index (χ4n) is 2.48. The lowest BCUT2D eigenvalue weighted by molar-refractivity contribution is -0.118. The minimum Gasteiger partial charge on any atom is -0.486 e. The normalized spacial score (nSPS) is 10.6. The number of furan rings is 1. The van der Waals surface area contributed by atoms with Gasteiger partial charge in [0.2, 0.25) is 5.91 Å². The van der Waals surface area contributed by atoms with Crippen LogP contribution in [0.15, 0.2) is 64.9 Å². The summed E-state index contributed by atoms with van der Waals surface area (Å²) in [6.45, 7) is 6.98. The fraction of sp³-hybridized carbons (Fsp3) is 0.250. The van der Waals surface area contributed by atoms with Crippen molar-refractivity contribution in [1.29, 1.82) is 0 Å². The maximum absolute atomic E-state index is 12.1. The molecule has 2 heterocycles. The van der Waals surface area contributed by atoms with Crippen molar-refractivity contribution in [3.8, 4) is 5.75 Å². The van der Waals surface area contributed by atoms with Crippen LogP contribution in [0.3, 0.4) is 0 Å². The van der Waals surface area contributed by atoms with E-state index in [9.17, 15) is 4.79 Å². The Morgan fingerprint density at radius 1 is 1.36 bits per heavy atom. The molecule has 7 nitrogen and oxygen atoms in total. The molecular formula is C20H22N4O3S. The maximum Gasteiger partial charge on any atom is 0.230 e. The average Bonchev–Trinajstić information content (AvgIpc) is 3.34. The topological polar surface area (TPSA) is 82.2 Å². The smallest absolute Gasteiger partial charge is 0.230 e. The molecule has 8 heteroatoms. The molecule has 146 valence electrons. The first-order valence-corrected chi connectivity index (χ1v) is 9.78. The van der Waals surface area contributed by atoms with E-state index in [1.165, 1.54) is 11.8 Å². The van der Waals surface area contributed by atoms with Gasteiger partial charge in [-0.3, -0.25) is 9.36 Å². The highest BCUT2D eigenvalue weighted by Gasteiger charge is 2.14. The average molecular weight is 398 g/mol. The molecule has 1 amide bonds. The Bertz CT molecular complexity index is 921. The molecule has 0 bridgehead atoms. The van der Waals surface area contributed by atoms with E-state index in [-0.39, 0.29) is 18.3 Å². The second-order valence-electron chi connectivity index (χ2n) is 6.05. The molecule has 0 unspecified atom stereocenters. The van der Waals surface area contributed by atoms with Crippen molar-refractivity contribution in [1.82, 2.24) is 20.1 Å². The molecule has 0 aliphatic rings. The quantitative estimate of drug-likeness (QED) is 0.417. The number of benzene rings is 1. The van der Waals surface area contributed by atoms with Crippen LogP contribution < -0.4 is 10.1 Å². The molecule has 3 aromatic rings. The number of aryl methyl sites for hydroxylation is 1. The number of rotatable bonds is 10. The lowest BCUT2D eigenvalue weighted by Gasteiger charge is -2.09. The van der Waals surface area contributed by atoms with E-state index in [1.807, 2.05) is 41.8 Å². The van der Waals surface area contributed by atoms with E-state index < -0.39 is 0 Å². The number of carbonyl (C=O) groups is 1. The van der Waals surface area contributed by atoms with E-state index in [4.69, 9.17) is 9.15 Å². The van der Waals surface area contributed by atoms with Crippen LogP contribution in [0, 0.1) is 6.92 Å². The summed E-state index contributed by atoms with van der Waals surface area (Å²) in [7, 11) is 0. The van der Waals surface area contributed by atoms with Crippen LogP contribution in [-0.4, -0.2) is 26.4 Å². The van der Waals surface area contributed by atoms with Gasteiger partial charge in [0.1, 0.15) is 18.1 Å². The van der Waals surface area contributed by atoms with Crippen molar-refractivity contribution in [2.24, 2.45) is 0 Å². The van der Waals surface area contributed by atoms with E-state index in [1.54, 1.807) is 18.4 Å². The van der Waals surface area contributed by atoms with Crippen molar-refractivity contribution < 1.29 is 13.9 Å². The predicted molar refractivity (Wildman–Crippen MR) is 107 cm³/mol. The van der Waals surface area contributed by atoms with Crippen LogP contribution in [0.2, 0.25) is 0 Å². The van der Waals surface area contributed by atoms with Crippen LogP contribution in [0.25, 0.3) is 0 Å². The molecule has 0 aliphatic carbocycles. The fourth-order valence-corrected chi connectivity index (χ4v) is 3.27. The van der Waals surface area contributed by atoms with Gasteiger partial charge in [-0.15, -0.1) is 16.8 Å². The van der Waals surface area contributed by atoms with Gasteiger partial charge in [-0.2, -0.15) is 0 Å². The minimum atomic E-state index is -0.105. The third kappa shape index (κ3) is 5.50. The number of amides is 1. The number of ether oxygens (including phenoxy) is 1. The van der Waals surface area contributed by atoms with Gasteiger partial charge in [-0.1, -0.05) is 30.0 Å². The van der Waals surface area contributed by atoms with Crippen LogP contribution in [0.5, 0.6) is 5.75 Å². The molecular weight excluding hydrogens is 376 g/mol. The molecule has 0 atom stereocenters. The summed E-state index contributed by atoms with van der Waals surface area (Å²) in [5.41, 5.74) is 1.13. The number of thioether (sulfide) groups is 1. The first kappa shape index (κ1) is 19.8. The van der Waals surface area contributed by atoms with Crippen LogP contribution in [-0.2, 0) is 24.5 Å². The number of aromatic nitrogens is 3. The van der Waals surface area contributed by atoms with Crippen LogP contribution >= 0.6 is 11.8 Å². The summed E-state index contributed by atoms with van der Waals surface area (Å²) < 4.78 is 12.9. The standard InChI is InChI=1S/C20H22N4O3S/c1-3-9-24-18(13-27-16-7-4-6-15(2)11-16)22-23-20(24)28-14-19(25)21-12-17-8-5-10-26-17/h3-8,10-11H,1,9,12-14H2,2H3,(H,21,25). The molecule has 0 aliphatic heterocycles. The zero-order valence-electron chi connectivity index (χ0n) is 15.6. The number of allylic oxidation sites excluding steroid dienone is 1. The van der Waals surface area contributed by atoms with Crippen molar-refractivity contribution in [3.63, 3.8) is 0 Å². The lowest BCUT2D eigenvalue weighted by Crippen LogP contribution is -2.24. The molecule has 1 aromatic carbocycles. The zero-order chi connectivity index (χ0) is 19.8. The molecule has 0 spiro atoms. The van der Waals surface area contributed by atoms with Gasteiger partial charge in [-0.25, -0.2) is 0 Å². The first-order chi connectivity index (χ1) is 13.7. The largest absolute Gasteiger partial charge is 0.486 e. The Labute approximate surface area is 167 Å². The van der Waals surface area contributed by atoms with Gasteiger partial charge >= 0.3 is 0 Å². The highest BCUT2D eigenvalue weighted by atomic mass is 32.2. The lowest BCUT2D eigenvalue weighted by atomic mass is 10.2. The molecule has 1 N–H and O–H groups in total. The highest BCUT2D eigenvalue weighted by molar-refractivity contribution is 7.99. The van der Waals surface area contributed by atoms with Crippen LogP contribution in [0.1, 0.15) is 17.1 Å². The molecule has 0 saturated heterocycles. The Hall–Kier alpha value is -3.00. The Morgan fingerprint density at radius 3 is 3.00 bits per heavy atom. The third-order valence-corrected chi connectivity index (χ3v) is 4.80. The van der Waals surface area contributed by atoms with Gasteiger partial charge < -0.3 is 14.5 Å². The highest BCUT2D eigenvalue weighted by Crippen LogP contribution is 2.19. The molecule has 0 saturated carbocycles. The van der Waals surface area contributed by atoms with Gasteiger partial charge in [0, 0.05) is 6.54 Å². The summed E-state index contributed by atoms with van der Waals surface area (Å²) in [5.74, 6) is 2.30. The summed E-state index contributed by atoms with van der Waals surface area (Å²) >= 11 is 1.32. The Kier molecular flexibility index (Phi) is 6.91. The summed E-state index contributed by atoms with van der Waals surface area (Å²) in [4.78, 5) is 12.1. The van der Waals surface area contributed by atoms with Crippen molar-refractivity contribution in [2.75, 3.05) is 5.75 Å². The van der Waals surface area contributed by atoms with Crippen molar-refractivity contribution in [3.05, 3.63) is 72.5 Å². The summed E-state index contributed by atoms with van der Waals surface area (Å²) in [6, 6.07) is 11.4. The summed E-state index contributed by atoms with van der Waals surface area (Å²) in [6.07, 6.45) is 3.34. The number of hydrogen-bond acceptors (Lipinski definition) is 6. The first-order valence-electron chi connectivity index (χ1n) is 8.80. The van der Waals surface area contributed by atoms with E-state index in [0.717, 1.165) is 11.3 Å². The minimum absolute atomic E-state index is 0.105. The molecule has 28 heavy (non-hydrogen) atoms. The van der Waals surface area contributed by atoms with E-state index >= 15 is 0 Å². The SMILES string of the molecule is C=CCn1c(COc2cccc(C)c2)nnc1SCC(=O)NCc1ccco1. The van der Waals surface area contributed by atoms with Gasteiger partial charge in [0.05, 0.1) is 18.6 Å². The van der Waals surface area contributed by atoms with E-state index in [2.05, 4.69) is 22.1 Å². The number of hydrogen-bond donors (Lipinski definition) is 1. The van der Waals surface area contributed by atoms with Gasteiger partial charge in [0.25, 0.3) is 0 Å². The Balaban J connectivity index is 1.56. The molecule has 2 aromatic heterocycles. The van der Waals surface area contributed by atoms with Gasteiger partial charge in [-0.05, 0) is 36.8 Å². The maximum atomic E-state index is 12.1. The number of nitrogens with zero attached hydrogens (tertiary/aromatic N) is 3. The summed E-state index contributed by atoms with van der Waals surface area (Å²) in [5, 5.41) is 11.9. The number of nitrogens with one attached hydrogen (secondary N) is 1. The van der Waals surface area contributed by atoms with E-state index in [0.29, 0.717) is 29.8 Å². The zero-order valence-corrected chi connectivity index (χ0v) is 16.4. The Morgan fingerprint density at radius 2 is 2.25 bits per heavy atom. The van der Waals surface area contributed by atoms with Crippen molar-refractivity contribution in [2.45, 2.75) is 31.8 Å². The molecule has 3 rings (SSSR count). The molecule has 0 fully saturated rings. The van der Waals surface area contributed by atoms with Crippen molar-refractivity contribution >= 4 is 17.7 Å². The monoisotopic (exact) mass is 398 g/mol. The third-order valence-electron chi connectivity index (χ3n) is 3.83. The van der Waals surface area contributed by atoms with Gasteiger partial charge in [0.15, 0.2) is 11.0 Å². The second-order valence-corrected chi connectivity index (χ2v) is 6.99. The van der Waals surface area contributed by atoms with Crippen LogP contribution in [0.4, 0.5) is 0 Å². The predicted octanol–water partition coefficient (Wildman–Crippen LogP) is 3.35. The molecule has 0 radical (unpaired) electrons. The second kappa shape index (κ2) is 9.80.